The highest BCUT2D eigenvalue weighted by molar-refractivity contribution is 9.10. The normalized spacial score (nSPS) is 11.4. The maximum Gasteiger partial charge on any atom is 0.264 e. The number of rotatable bonds is 9. The Kier molecular flexibility index (Phi) is 8.24. The number of halogens is 1. The van der Waals surface area contributed by atoms with Crippen LogP contribution in [0.2, 0.25) is 0 Å². The van der Waals surface area contributed by atoms with Crippen molar-refractivity contribution >= 4 is 43.8 Å². The van der Waals surface area contributed by atoms with Gasteiger partial charge in [0.25, 0.3) is 15.9 Å². The number of nitrogens with zero attached hydrogens (tertiary/aromatic N) is 2. The molecular formula is C24H24BrN3O4S. The molecule has 0 radical (unpaired) electrons. The van der Waals surface area contributed by atoms with Crippen molar-refractivity contribution in [2.45, 2.75) is 18.7 Å². The number of amides is 1. The Bertz CT molecular complexity index is 1240. The molecule has 0 atom stereocenters. The minimum atomic E-state index is -4.06. The molecule has 0 aliphatic carbocycles. The first-order valence-corrected chi connectivity index (χ1v) is 12.4. The van der Waals surface area contributed by atoms with Crippen LogP contribution in [0.4, 0.5) is 5.69 Å². The number of carbonyl (C=O) groups excluding carboxylic acids is 1. The van der Waals surface area contributed by atoms with Crippen LogP contribution in [-0.2, 0) is 14.8 Å². The van der Waals surface area contributed by atoms with Gasteiger partial charge in [0.1, 0.15) is 12.3 Å². The van der Waals surface area contributed by atoms with Crippen molar-refractivity contribution in [1.82, 2.24) is 5.43 Å². The van der Waals surface area contributed by atoms with Crippen LogP contribution in [0.5, 0.6) is 5.75 Å². The number of aryl methyl sites for hydroxylation is 1. The Morgan fingerprint density at radius 1 is 1.09 bits per heavy atom. The predicted molar refractivity (Wildman–Crippen MR) is 133 cm³/mol. The Labute approximate surface area is 202 Å². The number of anilines is 1. The van der Waals surface area contributed by atoms with E-state index >= 15 is 0 Å². The molecule has 9 heteroatoms. The lowest BCUT2D eigenvalue weighted by Gasteiger charge is -2.25. The van der Waals surface area contributed by atoms with Crippen LogP contribution in [-0.4, -0.2) is 33.7 Å². The summed E-state index contributed by atoms with van der Waals surface area (Å²) >= 11 is 3.38. The van der Waals surface area contributed by atoms with Crippen molar-refractivity contribution in [2.75, 3.05) is 17.5 Å². The molecule has 0 bridgehead atoms. The number of hydrazone groups is 1. The Morgan fingerprint density at radius 2 is 1.82 bits per heavy atom. The zero-order valence-electron chi connectivity index (χ0n) is 18.2. The molecule has 3 aromatic rings. The molecule has 0 aliphatic heterocycles. The summed E-state index contributed by atoms with van der Waals surface area (Å²) in [6.07, 6.45) is 1.48. The largest absolute Gasteiger partial charge is 0.492 e. The molecular weight excluding hydrogens is 506 g/mol. The molecule has 33 heavy (non-hydrogen) atoms. The van der Waals surface area contributed by atoms with Crippen molar-refractivity contribution < 1.29 is 17.9 Å². The van der Waals surface area contributed by atoms with E-state index in [1.807, 2.05) is 31.2 Å². The molecule has 0 saturated carbocycles. The standard InChI is InChI=1S/C24H24BrN3O4S/c1-3-32-23-10-5-4-9-22(23)28(33(30,31)21-13-11-18(2)12-14-21)17-24(29)27-26-16-19-7-6-8-20(25)15-19/h4-16H,3,17H2,1-2H3,(H,27,29)/b26-16-. The summed E-state index contributed by atoms with van der Waals surface area (Å²) < 4.78 is 34.6. The third-order valence-corrected chi connectivity index (χ3v) is 6.85. The lowest BCUT2D eigenvalue weighted by atomic mass is 10.2. The monoisotopic (exact) mass is 529 g/mol. The average Bonchev–Trinajstić information content (AvgIpc) is 2.78. The second-order valence-electron chi connectivity index (χ2n) is 7.07. The fourth-order valence-corrected chi connectivity index (χ4v) is 4.86. The van der Waals surface area contributed by atoms with E-state index in [-0.39, 0.29) is 10.6 Å². The van der Waals surface area contributed by atoms with Crippen LogP contribution in [0.15, 0.2) is 87.3 Å². The van der Waals surface area contributed by atoms with Crippen molar-refractivity contribution in [3.63, 3.8) is 0 Å². The van der Waals surface area contributed by atoms with Crippen LogP contribution in [0.3, 0.4) is 0 Å². The summed E-state index contributed by atoms with van der Waals surface area (Å²) in [6, 6.07) is 20.5. The van der Waals surface area contributed by atoms with Crippen LogP contribution >= 0.6 is 15.9 Å². The number of para-hydroxylation sites is 2. The molecule has 0 heterocycles. The first-order chi connectivity index (χ1) is 15.8. The molecule has 0 fully saturated rings. The summed E-state index contributed by atoms with van der Waals surface area (Å²) in [5.74, 6) is -0.232. The van der Waals surface area contributed by atoms with E-state index in [0.717, 1.165) is 19.9 Å². The van der Waals surface area contributed by atoms with E-state index in [1.165, 1.54) is 18.3 Å². The summed E-state index contributed by atoms with van der Waals surface area (Å²) in [5.41, 5.74) is 4.37. The SMILES string of the molecule is CCOc1ccccc1N(CC(=O)N/N=C\c1cccc(Br)c1)S(=O)(=O)c1ccc(C)cc1. The van der Waals surface area contributed by atoms with Gasteiger partial charge in [-0.3, -0.25) is 9.10 Å². The van der Waals surface area contributed by atoms with Gasteiger partial charge in [-0.2, -0.15) is 5.10 Å². The van der Waals surface area contributed by atoms with Crippen molar-refractivity contribution in [3.05, 3.63) is 88.4 Å². The van der Waals surface area contributed by atoms with Gasteiger partial charge in [-0.15, -0.1) is 0 Å². The van der Waals surface area contributed by atoms with Gasteiger partial charge in [0.15, 0.2) is 0 Å². The molecule has 0 unspecified atom stereocenters. The van der Waals surface area contributed by atoms with E-state index in [9.17, 15) is 13.2 Å². The smallest absolute Gasteiger partial charge is 0.264 e. The number of hydrogen-bond donors (Lipinski definition) is 1. The molecule has 172 valence electrons. The number of carbonyl (C=O) groups is 1. The van der Waals surface area contributed by atoms with E-state index in [1.54, 1.807) is 43.3 Å². The van der Waals surface area contributed by atoms with Gasteiger partial charge in [-0.05, 0) is 55.8 Å². The van der Waals surface area contributed by atoms with Gasteiger partial charge < -0.3 is 4.74 Å². The van der Waals surface area contributed by atoms with Gasteiger partial charge in [0.2, 0.25) is 0 Å². The summed E-state index contributed by atoms with van der Waals surface area (Å²) in [4.78, 5) is 12.8. The molecule has 1 N–H and O–H groups in total. The first kappa shape index (κ1) is 24.5. The minimum absolute atomic E-state index is 0.0739. The van der Waals surface area contributed by atoms with Crippen LogP contribution in [0, 0.1) is 6.92 Å². The highest BCUT2D eigenvalue weighted by Gasteiger charge is 2.29. The average molecular weight is 530 g/mol. The Hall–Kier alpha value is -3.17. The molecule has 3 aromatic carbocycles. The van der Waals surface area contributed by atoms with Gasteiger partial charge in [-0.1, -0.05) is 57.9 Å². The molecule has 0 aliphatic rings. The van der Waals surface area contributed by atoms with Gasteiger partial charge in [-0.25, -0.2) is 13.8 Å². The lowest BCUT2D eigenvalue weighted by molar-refractivity contribution is -0.119. The fraction of sp³-hybridized carbons (Fsp3) is 0.167. The van der Waals surface area contributed by atoms with Gasteiger partial charge in [0.05, 0.1) is 23.4 Å². The maximum atomic E-state index is 13.5. The third kappa shape index (κ3) is 6.43. The Balaban J connectivity index is 1.90. The highest BCUT2D eigenvalue weighted by Crippen LogP contribution is 2.32. The van der Waals surface area contributed by atoms with Crippen molar-refractivity contribution in [3.8, 4) is 5.75 Å². The lowest BCUT2D eigenvalue weighted by Crippen LogP contribution is -2.39. The number of ether oxygens (including phenoxy) is 1. The zero-order chi connectivity index (χ0) is 23.8. The minimum Gasteiger partial charge on any atom is -0.492 e. The number of sulfonamides is 1. The quantitative estimate of drug-likeness (QED) is 0.326. The second-order valence-corrected chi connectivity index (χ2v) is 9.85. The highest BCUT2D eigenvalue weighted by atomic mass is 79.9. The topological polar surface area (TPSA) is 88.1 Å². The van der Waals surface area contributed by atoms with E-state index < -0.39 is 22.5 Å². The summed E-state index contributed by atoms with van der Waals surface area (Å²) in [6.45, 7) is 3.54. The van der Waals surface area contributed by atoms with Crippen LogP contribution in [0.25, 0.3) is 0 Å². The summed E-state index contributed by atoms with van der Waals surface area (Å²) in [5, 5.41) is 3.96. The molecule has 0 spiro atoms. The molecule has 0 aromatic heterocycles. The first-order valence-electron chi connectivity index (χ1n) is 10.2. The van der Waals surface area contributed by atoms with Crippen molar-refractivity contribution in [1.29, 1.82) is 0 Å². The summed E-state index contributed by atoms with van der Waals surface area (Å²) in [7, 11) is -4.06. The molecule has 0 saturated heterocycles. The zero-order valence-corrected chi connectivity index (χ0v) is 20.6. The second kappa shape index (κ2) is 11.1. The molecule has 7 nitrogen and oxygen atoms in total. The number of hydrogen-bond acceptors (Lipinski definition) is 5. The number of nitrogens with one attached hydrogen (secondary N) is 1. The Morgan fingerprint density at radius 3 is 2.52 bits per heavy atom. The molecule has 3 rings (SSSR count). The van der Waals surface area contributed by atoms with E-state index in [4.69, 9.17) is 4.74 Å². The van der Waals surface area contributed by atoms with Gasteiger partial charge >= 0.3 is 0 Å². The van der Waals surface area contributed by atoms with E-state index in [2.05, 4.69) is 26.5 Å². The predicted octanol–water partition coefficient (Wildman–Crippen LogP) is 4.50. The van der Waals surface area contributed by atoms with E-state index in [0.29, 0.717) is 12.4 Å². The maximum absolute atomic E-state index is 13.5. The van der Waals surface area contributed by atoms with Crippen LogP contribution in [0.1, 0.15) is 18.1 Å². The fourth-order valence-electron chi connectivity index (χ4n) is 3.01. The van der Waals surface area contributed by atoms with Crippen LogP contribution < -0.4 is 14.5 Å². The number of benzene rings is 3. The van der Waals surface area contributed by atoms with Gasteiger partial charge in [0, 0.05) is 4.47 Å². The molecule has 1 amide bonds. The van der Waals surface area contributed by atoms with Crippen molar-refractivity contribution in [2.24, 2.45) is 5.10 Å². The third-order valence-electron chi connectivity index (χ3n) is 4.58.